The van der Waals surface area contributed by atoms with Crippen LogP contribution in [0.4, 0.5) is 0 Å². The molecule has 0 spiro atoms. The van der Waals surface area contributed by atoms with Crippen molar-refractivity contribution in [2.75, 3.05) is 18.6 Å². The molecule has 1 unspecified atom stereocenters. The van der Waals surface area contributed by atoms with Crippen molar-refractivity contribution >= 4 is 19.9 Å². The first-order chi connectivity index (χ1) is 5.81. The summed E-state index contributed by atoms with van der Waals surface area (Å²) in [6.07, 6.45) is 2.22. The third-order valence-electron chi connectivity index (χ3n) is 2.04. The highest BCUT2D eigenvalue weighted by Crippen LogP contribution is 2.18. The lowest BCUT2D eigenvalue weighted by Gasteiger charge is -2.08. The summed E-state index contributed by atoms with van der Waals surface area (Å²) in [4.78, 5) is 0. The van der Waals surface area contributed by atoms with Crippen molar-refractivity contribution in [3.8, 4) is 0 Å². The molecule has 0 aromatic carbocycles. The Hall–Kier alpha value is -0.140. The Morgan fingerprint density at radius 3 is 2.46 bits per heavy atom. The van der Waals surface area contributed by atoms with Crippen LogP contribution in [0.2, 0.25) is 0 Å². The lowest BCUT2D eigenvalue weighted by atomic mass is 10.2. The van der Waals surface area contributed by atoms with Gasteiger partial charge >= 0.3 is 0 Å². The van der Waals surface area contributed by atoms with E-state index in [0.29, 0.717) is 12.8 Å². The summed E-state index contributed by atoms with van der Waals surface area (Å²) in [6.45, 7) is 0.0150. The zero-order chi connectivity index (χ0) is 10.1. The molecule has 1 aliphatic rings. The molecule has 1 aliphatic heterocycles. The molecule has 0 amide bonds. The molecule has 1 N–H and O–H groups in total. The normalized spacial score (nSPS) is 27.6. The van der Waals surface area contributed by atoms with E-state index in [-0.39, 0.29) is 12.3 Å². The minimum absolute atomic E-state index is 0.0150. The van der Waals surface area contributed by atoms with E-state index in [9.17, 15) is 16.8 Å². The van der Waals surface area contributed by atoms with Crippen LogP contribution >= 0.6 is 0 Å². The van der Waals surface area contributed by atoms with Crippen molar-refractivity contribution in [3.05, 3.63) is 0 Å². The van der Waals surface area contributed by atoms with E-state index in [2.05, 4.69) is 4.72 Å². The molecule has 1 heterocycles. The molecule has 0 aliphatic carbocycles. The fourth-order valence-electron chi connectivity index (χ4n) is 1.33. The van der Waals surface area contributed by atoms with E-state index in [0.717, 1.165) is 6.26 Å². The van der Waals surface area contributed by atoms with Gasteiger partial charge in [-0.25, -0.2) is 21.6 Å². The molecule has 0 radical (unpaired) electrons. The molecular formula is C6H13NO4S2. The zero-order valence-electron chi connectivity index (χ0n) is 7.36. The first-order valence-corrected chi connectivity index (χ1v) is 7.58. The van der Waals surface area contributed by atoms with Gasteiger partial charge in [-0.05, 0) is 12.8 Å². The van der Waals surface area contributed by atoms with E-state index in [1.165, 1.54) is 0 Å². The number of sulfone groups is 1. The van der Waals surface area contributed by atoms with Crippen molar-refractivity contribution in [2.45, 2.75) is 18.1 Å². The van der Waals surface area contributed by atoms with Crippen LogP contribution in [0, 0.1) is 0 Å². The Morgan fingerprint density at radius 2 is 2.08 bits per heavy atom. The Labute approximate surface area is 78.5 Å². The van der Waals surface area contributed by atoms with Crippen LogP contribution in [-0.4, -0.2) is 40.6 Å². The van der Waals surface area contributed by atoms with Crippen molar-refractivity contribution in [1.29, 1.82) is 0 Å². The van der Waals surface area contributed by atoms with Gasteiger partial charge in [0.2, 0.25) is 10.0 Å². The minimum Gasteiger partial charge on any atom is -0.229 e. The first-order valence-electron chi connectivity index (χ1n) is 3.97. The topological polar surface area (TPSA) is 80.3 Å². The summed E-state index contributed by atoms with van der Waals surface area (Å²) in [5, 5.41) is -0.526. The van der Waals surface area contributed by atoms with Gasteiger partial charge in [-0.15, -0.1) is 0 Å². The molecular weight excluding hydrogens is 214 g/mol. The summed E-state index contributed by atoms with van der Waals surface area (Å²) in [6, 6.07) is 0. The quantitative estimate of drug-likeness (QED) is 0.678. The van der Waals surface area contributed by atoms with Gasteiger partial charge < -0.3 is 0 Å². The van der Waals surface area contributed by atoms with Crippen LogP contribution < -0.4 is 4.72 Å². The molecule has 0 aromatic heterocycles. The number of hydrogen-bond acceptors (Lipinski definition) is 4. The van der Waals surface area contributed by atoms with Gasteiger partial charge in [0, 0.05) is 6.54 Å². The van der Waals surface area contributed by atoms with Crippen LogP contribution in [0.15, 0.2) is 0 Å². The Balaban J connectivity index is 2.57. The predicted molar refractivity (Wildman–Crippen MR) is 49.7 cm³/mol. The van der Waals surface area contributed by atoms with Crippen molar-refractivity contribution in [1.82, 2.24) is 4.72 Å². The second-order valence-electron chi connectivity index (χ2n) is 3.25. The molecule has 78 valence electrons. The highest BCUT2D eigenvalue weighted by atomic mass is 32.2. The largest absolute Gasteiger partial charge is 0.229 e. The minimum atomic E-state index is -3.28. The smallest absolute Gasteiger partial charge is 0.208 e. The molecule has 0 bridgehead atoms. The Bertz CT molecular complexity index is 369. The highest BCUT2D eigenvalue weighted by molar-refractivity contribution is 7.92. The maximum atomic E-state index is 11.2. The first kappa shape index (κ1) is 10.9. The van der Waals surface area contributed by atoms with Crippen molar-refractivity contribution in [3.63, 3.8) is 0 Å². The number of sulfonamides is 1. The van der Waals surface area contributed by atoms with Gasteiger partial charge in [-0.2, -0.15) is 0 Å². The van der Waals surface area contributed by atoms with E-state index >= 15 is 0 Å². The summed E-state index contributed by atoms with van der Waals surface area (Å²) < 4.78 is 46.1. The van der Waals surface area contributed by atoms with Gasteiger partial charge in [-0.1, -0.05) is 0 Å². The second kappa shape index (κ2) is 3.55. The maximum Gasteiger partial charge on any atom is 0.208 e. The van der Waals surface area contributed by atoms with E-state index in [4.69, 9.17) is 0 Å². The summed E-state index contributed by atoms with van der Waals surface area (Å²) in [5.41, 5.74) is 0. The van der Waals surface area contributed by atoms with Gasteiger partial charge in [0.05, 0.1) is 17.3 Å². The molecule has 1 rings (SSSR count). The molecule has 1 saturated heterocycles. The second-order valence-corrected chi connectivity index (χ2v) is 7.49. The summed E-state index contributed by atoms with van der Waals surface area (Å²) in [5.74, 6) is 0.184. The zero-order valence-corrected chi connectivity index (χ0v) is 8.99. The van der Waals surface area contributed by atoms with E-state index in [1.807, 2.05) is 0 Å². The molecule has 13 heavy (non-hydrogen) atoms. The van der Waals surface area contributed by atoms with Crippen LogP contribution in [0.1, 0.15) is 12.8 Å². The number of hydrogen-bond donors (Lipinski definition) is 1. The van der Waals surface area contributed by atoms with Crippen molar-refractivity contribution in [2.24, 2.45) is 0 Å². The fraction of sp³-hybridized carbons (Fsp3) is 1.00. The monoisotopic (exact) mass is 227 g/mol. The third-order valence-corrected chi connectivity index (χ3v) is 5.00. The summed E-state index contributed by atoms with van der Waals surface area (Å²) in [7, 11) is -6.31. The molecule has 1 fully saturated rings. The molecule has 0 aromatic rings. The van der Waals surface area contributed by atoms with Crippen LogP contribution in [0.3, 0.4) is 0 Å². The average Bonchev–Trinajstić information content (AvgIpc) is 2.23. The maximum absolute atomic E-state index is 11.2. The Morgan fingerprint density at radius 1 is 1.46 bits per heavy atom. The van der Waals surface area contributed by atoms with Crippen LogP contribution in [-0.2, 0) is 19.9 Å². The lowest BCUT2D eigenvalue weighted by Crippen LogP contribution is -2.33. The van der Waals surface area contributed by atoms with Gasteiger partial charge in [0.25, 0.3) is 0 Å². The average molecular weight is 227 g/mol. The van der Waals surface area contributed by atoms with Gasteiger partial charge in [0.15, 0.2) is 9.84 Å². The van der Waals surface area contributed by atoms with Crippen LogP contribution in [0.25, 0.3) is 0 Å². The van der Waals surface area contributed by atoms with E-state index < -0.39 is 25.1 Å². The lowest BCUT2D eigenvalue weighted by molar-refractivity contribution is 0.575. The third kappa shape index (κ3) is 3.24. The van der Waals surface area contributed by atoms with Gasteiger partial charge in [-0.3, -0.25) is 0 Å². The number of rotatable bonds is 3. The fourth-order valence-corrected chi connectivity index (χ4v) is 3.71. The van der Waals surface area contributed by atoms with Gasteiger partial charge in [0.1, 0.15) is 0 Å². The van der Waals surface area contributed by atoms with Crippen molar-refractivity contribution < 1.29 is 16.8 Å². The highest BCUT2D eigenvalue weighted by Gasteiger charge is 2.31. The Kier molecular flexibility index (Phi) is 2.98. The summed E-state index contributed by atoms with van der Waals surface area (Å²) >= 11 is 0. The molecule has 7 heteroatoms. The molecule has 0 saturated carbocycles. The predicted octanol–water partition coefficient (Wildman–Crippen LogP) is -0.887. The molecule has 1 atom stereocenters. The standard InChI is InChI=1S/C6H13NO4S2/c1-12(8,9)7-5-6-3-2-4-13(6,10)11/h6-7H,2-5H2,1H3. The van der Waals surface area contributed by atoms with E-state index in [1.54, 1.807) is 0 Å². The number of nitrogens with one attached hydrogen (secondary N) is 1. The van der Waals surface area contributed by atoms with Crippen LogP contribution in [0.5, 0.6) is 0 Å². The SMILES string of the molecule is CS(=O)(=O)NCC1CCCS1(=O)=O. The molecule has 5 nitrogen and oxygen atoms in total.